The molecular weight excluding hydrogens is 387 g/mol. The molecule has 3 rings (SSSR count). The second kappa shape index (κ2) is 8.37. The van der Waals surface area contributed by atoms with Gasteiger partial charge in [0.25, 0.3) is 5.91 Å². The van der Waals surface area contributed by atoms with E-state index in [1.807, 2.05) is 30.3 Å². The van der Waals surface area contributed by atoms with Gasteiger partial charge in [0.2, 0.25) is 0 Å². The molecule has 0 radical (unpaired) electrons. The number of anilines is 1. The van der Waals surface area contributed by atoms with Crippen LogP contribution in [0.25, 0.3) is 10.9 Å². The highest BCUT2D eigenvalue weighted by atomic mass is 35.5. The fourth-order valence-corrected chi connectivity index (χ4v) is 3.22. The Bertz CT molecular complexity index is 1000. The molecule has 138 valence electrons. The number of ether oxygens (including phenoxy) is 1. The number of nitrogens with zero attached hydrogens (tertiary/aromatic N) is 1. The lowest BCUT2D eigenvalue weighted by molar-refractivity contribution is -0.142. The topological polar surface area (TPSA) is 68.3 Å². The number of rotatable bonds is 5. The fraction of sp³-hybridized carbons (Fsp3) is 0.150. The van der Waals surface area contributed by atoms with Crippen molar-refractivity contribution in [2.24, 2.45) is 0 Å². The first-order valence-electron chi connectivity index (χ1n) is 8.29. The molecule has 0 fully saturated rings. The van der Waals surface area contributed by atoms with E-state index in [0.29, 0.717) is 11.1 Å². The van der Waals surface area contributed by atoms with Gasteiger partial charge in [0, 0.05) is 10.9 Å². The maximum atomic E-state index is 12.7. The summed E-state index contributed by atoms with van der Waals surface area (Å²) in [6.07, 6.45) is -0.0163. The van der Waals surface area contributed by atoms with Crippen molar-refractivity contribution in [2.45, 2.75) is 13.3 Å². The number of hydrogen-bond acceptors (Lipinski definition) is 4. The van der Waals surface area contributed by atoms with Gasteiger partial charge in [-0.15, -0.1) is 0 Å². The second-order valence-corrected chi connectivity index (χ2v) is 6.54. The third-order valence-corrected chi connectivity index (χ3v) is 4.49. The average molecular weight is 403 g/mol. The van der Waals surface area contributed by atoms with E-state index in [0.717, 1.165) is 5.39 Å². The minimum absolute atomic E-state index is 0.0163. The number of amides is 1. The van der Waals surface area contributed by atoms with E-state index < -0.39 is 11.9 Å². The molecule has 0 unspecified atom stereocenters. The van der Waals surface area contributed by atoms with Crippen LogP contribution in [0.5, 0.6) is 0 Å². The minimum Gasteiger partial charge on any atom is -0.466 e. The predicted octanol–water partition coefficient (Wildman–Crippen LogP) is 4.90. The van der Waals surface area contributed by atoms with Gasteiger partial charge in [-0.2, -0.15) is 0 Å². The summed E-state index contributed by atoms with van der Waals surface area (Å²) in [7, 11) is 0. The number of carbonyl (C=O) groups excluding carboxylic acids is 2. The van der Waals surface area contributed by atoms with Gasteiger partial charge in [-0.05, 0) is 31.2 Å². The van der Waals surface area contributed by atoms with Crippen LogP contribution in [0.1, 0.15) is 22.8 Å². The summed E-state index contributed by atoms with van der Waals surface area (Å²) in [6.45, 7) is 2.01. The highest BCUT2D eigenvalue weighted by Gasteiger charge is 2.18. The van der Waals surface area contributed by atoms with Gasteiger partial charge in [-0.3, -0.25) is 9.59 Å². The number of esters is 1. The van der Waals surface area contributed by atoms with Crippen molar-refractivity contribution in [2.75, 3.05) is 11.9 Å². The van der Waals surface area contributed by atoms with Crippen molar-refractivity contribution in [1.82, 2.24) is 4.98 Å². The summed E-state index contributed by atoms with van der Waals surface area (Å²) in [5, 5.41) is 4.03. The maximum Gasteiger partial charge on any atom is 0.310 e. The third-order valence-electron chi connectivity index (χ3n) is 3.86. The Balaban J connectivity index is 2.00. The largest absolute Gasteiger partial charge is 0.466 e. The van der Waals surface area contributed by atoms with Crippen LogP contribution in [-0.4, -0.2) is 23.5 Å². The lowest BCUT2D eigenvalue weighted by atomic mass is 10.1. The Kier molecular flexibility index (Phi) is 5.94. The summed E-state index contributed by atoms with van der Waals surface area (Å²) >= 11 is 12.2. The van der Waals surface area contributed by atoms with Gasteiger partial charge >= 0.3 is 5.97 Å². The molecule has 0 bridgehead atoms. The molecule has 3 aromatic rings. The lowest BCUT2D eigenvalue weighted by Crippen LogP contribution is -2.17. The van der Waals surface area contributed by atoms with Gasteiger partial charge in [-0.25, -0.2) is 4.98 Å². The molecule has 1 aromatic heterocycles. The van der Waals surface area contributed by atoms with Gasteiger partial charge in [-0.1, -0.05) is 47.5 Å². The second-order valence-electron chi connectivity index (χ2n) is 5.72. The van der Waals surface area contributed by atoms with E-state index in [9.17, 15) is 9.59 Å². The smallest absolute Gasteiger partial charge is 0.310 e. The van der Waals surface area contributed by atoms with E-state index in [1.165, 1.54) is 0 Å². The van der Waals surface area contributed by atoms with Crippen LogP contribution in [0.3, 0.4) is 0 Å². The van der Waals surface area contributed by atoms with E-state index in [2.05, 4.69) is 10.3 Å². The van der Waals surface area contributed by atoms with E-state index in [1.54, 1.807) is 25.1 Å². The highest BCUT2D eigenvalue weighted by molar-refractivity contribution is 6.40. The quantitative estimate of drug-likeness (QED) is 0.616. The molecule has 1 heterocycles. The SMILES string of the molecule is CCOC(=O)Cc1cc2ccccc2nc1NC(=O)c1c(Cl)cccc1Cl. The summed E-state index contributed by atoms with van der Waals surface area (Å²) < 4.78 is 5.02. The standard InChI is InChI=1S/C20H16Cl2N2O3/c1-2-27-17(25)11-13-10-12-6-3-4-9-16(12)23-19(13)24-20(26)18-14(21)7-5-8-15(18)22/h3-10H,2,11H2,1H3,(H,23,24,26). The molecule has 0 saturated heterocycles. The number of carbonyl (C=O) groups is 2. The van der Waals surface area contributed by atoms with Gasteiger partial charge in [0.1, 0.15) is 5.82 Å². The van der Waals surface area contributed by atoms with Crippen LogP contribution in [0.2, 0.25) is 10.0 Å². The number of nitrogens with one attached hydrogen (secondary N) is 1. The first kappa shape index (κ1) is 19.1. The van der Waals surface area contributed by atoms with Crippen LogP contribution < -0.4 is 5.32 Å². The molecule has 27 heavy (non-hydrogen) atoms. The molecule has 5 nitrogen and oxygen atoms in total. The summed E-state index contributed by atoms with van der Waals surface area (Å²) in [6, 6.07) is 14.0. The van der Waals surface area contributed by atoms with Crippen molar-refractivity contribution >= 4 is 51.8 Å². The van der Waals surface area contributed by atoms with Crippen molar-refractivity contribution in [3.63, 3.8) is 0 Å². The first-order chi connectivity index (χ1) is 13.0. The van der Waals surface area contributed by atoms with Gasteiger partial charge < -0.3 is 10.1 Å². The molecule has 0 spiro atoms. The molecule has 0 aliphatic heterocycles. The third kappa shape index (κ3) is 4.38. The van der Waals surface area contributed by atoms with Crippen LogP contribution in [0.4, 0.5) is 5.82 Å². The Morgan fingerprint density at radius 2 is 1.78 bits per heavy atom. The number of para-hydroxylation sites is 1. The van der Waals surface area contributed by atoms with E-state index in [4.69, 9.17) is 27.9 Å². The van der Waals surface area contributed by atoms with Gasteiger partial charge in [0.15, 0.2) is 0 Å². The van der Waals surface area contributed by atoms with Crippen LogP contribution >= 0.6 is 23.2 Å². The molecule has 0 atom stereocenters. The number of benzene rings is 2. The van der Waals surface area contributed by atoms with Crippen LogP contribution in [0, 0.1) is 0 Å². The minimum atomic E-state index is -0.501. The average Bonchev–Trinajstić information content (AvgIpc) is 2.62. The number of halogens is 2. The van der Waals surface area contributed by atoms with Crippen molar-refractivity contribution in [3.8, 4) is 0 Å². The number of pyridine rings is 1. The normalized spacial score (nSPS) is 10.6. The lowest BCUT2D eigenvalue weighted by Gasteiger charge is -2.13. The highest BCUT2D eigenvalue weighted by Crippen LogP contribution is 2.27. The maximum absolute atomic E-state index is 12.7. The summed E-state index contributed by atoms with van der Waals surface area (Å²) in [4.78, 5) is 29.2. The van der Waals surface area contributed by atoms with Crippen LogP contribution in [0.15, 0.2) is 48.5 Å². The summed E-state index contributed by atoms with van der Waals surface area (Å²) in [5.41, 5.74) is 1.38. The Morgan fingerprint density at radius 3 is 2.48 bits per heavy atom. The summed E-state index contributed by atoms with van der Waals surface area (Å²) in [5.74, 6) is -0.637. The molecule has 7 heteroatoms. The molecular formula is C20H16Cl2N2O3. The van der Waals surface area contributed by atoms with Crippen LogP contribution in [-0.2, 0) is 16.0 Å². The molecule has 0 saturated carbocycles. The number of fused-ring (bicyclic) bond motifs is 1. The predicted molar refractivity (Wildman–Crippen MR) is 106 cm³/mol. The van der Waals surface area contributed by atoms with E-state index in [-0.39, 0.29) is 34.5 Å². The van der Waals surface area contributed by atoms with Gasteiger partial charge in [0.05, 0.1) is 34.2 Å². The van der Waals surface area contributed by atoms with Crippen molar-refractivity contribution in [1.29, 1.82) is 0 Å². The molecule has 1 N–H and O–H groups in total. The fourth-order valence-electron chi connectivity index (χ4n) is 2.66. The molecule has 0 aliphatic rings. The zero-order valence-corrected chi connectivity index (χ0v) is 16.0. The Labute approximate surface area is 166 Å². The molecule has 2 aromatic carbocycles. The Hall–Kier alpha value is -2.63. The molecule has 1 amide bonds. The van der Waals surface area contributed by atoms with Crippen molar-refractivity contribution < 1.29 is 14.3 Å². The zero-order valence-electron chi connectivity index (χ0n) is 14.5. The number of hydrogen-bond donors (Lipinski definition) is 1. The Morgan fingerprint density at radius 1 is 1.07 bits per heavy atom. The van der Waals surface area contributed by atoms with E-state index >= 15 is 0 Å². The molecule has 0 aliphatic carbocycles. The number of aromatic nitrogens is 1. The zero-order chi connectivity index (χ0) is 19.4. The monoisotopic (exact) mass is 402 g/mol. The first-order valence-corrected chi connectivity index (χ1v) is 9.05. The van der Waals surface area contributed by atoms with Crippen molar-refractivity contribution in [3.05, 3.63) is 69.7 Å².